The summed E-state index contributed by atoms with van der Waals surface area (Å²) >= 11 is 0. The molecule has 19 heavy (non-hydrogen) atoms. The van der Waals surface area contributed by atoms with Crippen molar-refractivity contribution in [3.8, 4) is 6.07 Å². The zero-order valence-corrected chi connectivity index (χ0v) is 10.3. The molecule has 2 rings (SSSR count). The second kappa shape index (κ2) is 5.78. The molecule has 0 N–H and O–H groups in total. The van der Waals surface area contributed by atoms with Crippen LogP contribution in [-0.2, 0) is 17.8 Å². The largest absolute Gasteiger partial charge is 0.454 e. The van der Waals surface area contributed by atoms with E-state index in [1.807, 2.05) is 6.07 Å². The number of nitrogens with zero attached hydrogens (tertiary/aromatic N) is 3. The summed E-state index contributed by atoms with van der Waals surface area (Å²) in [6, 6.07) is 8.78. The highest BCUT2D eigenvalue weighted by molar-refractivity contribution is 5.89. The third kappa shape index (κ3) is 3.39. The van der Waals surface area contributed by atoms with E-state index < -0.39 is 5.97 Å². The van der Waals surface area contributed by atoms with Gasteiger partial charge in [-0.05, 0) is 17.7 Å². The molecule has 1 aromatic heterocycles. The molecular weight excluding hydrogens is 246 g/mol. The Morgan fingerprint density at radius 1 is 1.53 bits per heavy atom. The van der Waals surface area contributed by atoms with Crippen LogP contribution in [0.15, 0.2) is 28.8 Å². The van der Waals surface area contributed by atoms with Gasteiger partial charge in [-0.15, -0.1) is 0 Å². The molecule has 2 aromatic rings. The molecular formula is C13H11N3O3. The summed E-state index contributed by atoms with van der Waals surface area (Å²) < 4.78 is 9.82. The van der Waals surface area contributed by atoms with Crippen molar-refractivity contribution in [2.75, 3.05) is 0 Å². The van der Waals surface area contributed by atoms with E-state index >= 15 is 0 Å². The standard InChI is InChI=1S/C13H11N3O3/c1-9-15-12(16-19-9)8-18-13(17)11-4-2-3-10(7-11)5-6-14/h2-4,7H,5,8H2,1H3. The highest BCUT2D eigenvalue weighted by Crippen LogP contribution is 2.08. The van der Waals surface area contributed by atoms with Gasteiger partial charge in [-0.25, -0.2) is 4.79 Å². The molecule has 0 amide bonds. The van der Waals surface area contributed by atoms with E-state index in [1.165, 1.54) is 0 Å². The molecule has 0 saturated carbocycles. The Hall–Kier alpha value is -2.68. The maximum atomic E-state index is 11.8. The number of nitriles is 1. The summed E-state index contributed by atoms with van der Waals surface area (Å²) in [6.07, 6.45) is 0.255. The summed E-state index contributed by atoms with van der Waals surface area (Å²) in [5.41, 5.74) is 1.17. The number of rotatable bonds is 4. The van der Waals surface area contributed by atoms with E-state index in [-0.39, 0.29) is 13.0 Å². The van der Waals surface area contributed by atoms with Crippen molar-refractivity contribution < 1.29 is 14.1 Å². The average molecular weight is 257 g/mol. The number of ether oxygens (including phenoxy) is 1. The van der Waals surface area contributed by atoms with Crippen LogP contribution < -0.4 is 0 Å². The van der Waals surface area contributed by atoms with E-state index in [2.05, 4.69) is 10.1 Å². The SMILES string of the molecule is Cc1nc(COC(=O)c2cccc(CC#N)c2)no1. The third-order valence-corrected chi connectivity index (χ3v) is 2.35. The second-order valence-electron chi connectivity index (χ2n) is 3.84. The number of esters is 1. The maximum Gasteiger partial charge on any atom is 0.338 e. The van der Waals surface area contributed by atoms with E-state index in [0.717, 1.165) is 5.56 Å². The fourth-order valence-electron chi connectivity index (χ4n) is 1.51. The number of hydrogen-bond donors (Lipinski definition) is 0. The number of carbonyl (C=O) groups excluding carboxylic acids is 1. The lowest BCUT2D eigenvalue weighted by Crippen LogP contribution is -2.06. The molecule has 0 aliphatic heterocycles. The lowest BCUT2D eigenvalue weighted by Gasteiger charge is -2.03. The monoisotopic (exact) mass is 257 g/mol. The molecule has 6 nitrogen and oxygen atoms in total. The Morgan fingerprint density at radius 2 is 2.37 bits per heavy atom. The molecule has 0 bridgehead atoms. The first kappa shape index (κ1) is 12.8. The Labute approximate surface area is 109 Å². The molecule has 0 unspecified atom stereocenters. The Morgan fingerprint density at radius 3 is 3.05 bits per heavy atom. The summed E-state index contributed by atoms with van der Waals surface area (Å²) in [6.45, 7) is 1.61. The van der Waals surface area contributed by atoms with Gasteiger partial charge >= 0.3 is 5.97 Å². The number of hydrogen-bond acceptors (Lipinski definition) is 6. The van der Waals surface area contributed by atoms with Crippen molar-refractivity contribution >= 4 is 5.97 Å². The zero-order valence-electron chi connectivity index (χ0n) is 10.3. The van der Waals surface area contributed by atoms with Gasteiger partial charge in [-0.3, -0.25) is 0 Å². The first-order valence-electron chi connectivity index (χ1n) is 5.61. The predicted molar refractivity (Wildman–Crippen MR) is 63.9 cm³/mol. The molecule has 0 saturated heterocycles. The number of aryl methyl sites for hydroxylation is 1. The Balaban J connectivity index is 2.00. The van der Waals surface area contributed by atoms with Gasteiger partial charge in [0.2, 0.25) is 11.7 Å². The van der Waals surface area contributed by atoms with Gasteiger partial charge in [-0.1, -0.05) is 17.3 Å². The van der Waals surface area contributed by atoms with Gasteiger partial charge in [0.05, 0.1) is 18.1 Å². The van der Waals surface area contributed by atoms with Crippen molar-refractivity contribution in [3.05, 3.63) is 47.1 Å². The van der Waals surface area contributed by atoms with Crippen molar-refractivity contribution in [2.45, 2.75) is 20.0 Å². The van der Waals surface area contributed by atoms with Crippen molar-refractivity contribution in [2.24, 2.45) is 0 Å². The molecule has 0 aliphatic rings. The number of carbonyl (C=O) groups is 1. The summed E-state index contributed by atoms with van der Waals surface area (Å²) in [5, 5.41) is 12.2. The minimum absolute atomic E-state index is 0.0430. The van der Waals surface area contributed by atoms with Gasteiger partial charge in [0.15, 0.2) is 6.61 Å². The van der Waals surface area contributed by atoms with Gasteiger partial charge < -0.3 is 9.26 Å². The summed E-state index contributed by atoms with van der Waals surface area (Å²) in [5.74, 6) is 0.253. The minimum atomic E-state index is -0.484. The minimum Gasteiger partial charge on any atom is -0.454 e. The molecule has 0 spiro atoms. The smallest absolute Gasteiger partial charge is 0.338 e. The van der Waals surface area contributed by atoms with E-state index in [1.54, 1.807) is 31.2 Å². The van der Waals surface area contributed by atoms with E-state index in [9.17, 15) is 4.79 Å². The summed E-state index contributed by atoms with van der Waals surface area (Å²) in [4.78, 5) is 15.7. The van der Waals surface area contributed by atoms with E-state index in [4.69, 9.17) is 14.5 Å². The first-order valence-corrected chi connectivity index (χ1v) is 5.61. The molecule has 6 heteroatoms. The Kier molecular flexibility index (Phi) is 3.88. The quantitative estimate of drug-likeness (QED) is 0.776. The normalized spacial score (nSPS) is 9.89. The van der Waals surface area contributed by atoms with Gasteiger partial charge in [0.1, 0.15) is 0 Å². The van der Waals surface area contributed by atoms with Crippen LogP contribution in [0.1, 0.15) is 27.6 Å². The first-order chi connectivity index (χ1) is 9.19. The molecule has 96 valence electrons. The predicted octanol–water partition coefficient (Wildman–Crippen LogP) is 1.80. The van der Waals surface area contributed by atoms with E-state index in [0.29, 0.717) is 17.3 Å². The molecule has 1 heterocycles. The molecule has 1 aromatic carbocycles. The van der Waals surface area contributed by atoms with Crippen LogP contribution in [0.5, 0.6) is 0 Å². The van der Waals surface area contributed by atoms with Crippen molar-refractivity contribution in [1.82, 2.24) is 10.1 Å². The van der Waals surface area contributed by atoms with Crippen LogP contribution in [0.3, 0.4) is 0 Å². The third-order valence-electron chi connectivity index (χ3n) is 2.35. The van der Waals surface area contributed by atoms with Gasteiger partial charge in [0.25, 0.3) is 0 Å². The molecule has 0 aliphatic carbocycles. The highest BCUT2D eigenvalue weighted by Gasteiger charge is 2.10. The number of benzene rings is 1. The topological polar surface area (TPSA) is 89.0 Å². The van der Waals surface area contributed by atoms with Crippen LogP contribution in [0.2, 0.25) is 0 Å². The zero-order chi connectivity index (χ0) is 13.7. The van der Waals surface area contributed by atoms with Crippen LogP contribution in [0.4, 0.5) is 0 Å². The molecule has 0 fully saturated rings. The number of aromatic nitrogens is 2. The molecule has 0 atom stereocenters. The summed E-state index contributed by atoms with van der Waals surface area (Å²) in [7, 11) is 0. The van der Waals surface area contributed by atoms with Crippen molar-refractivity contribution in [1.29, 1.82) is 5.26 Å². The second-order valence-corrected chi connectivity index (χ2v) is 3.84. The van der Waals surface area contributed by atoms with Crippen LogP contribution in [0, 0.1) is 18.3 Å². The lowest BCUT2D eigenvalue weighted by atomic mass is 10.1. The lowest BCUT2D eigenvalue weighted by molar-refractivity contribution is 0.0459. The van der Waals surface area contributed by atoms with Crippen LogP contribution >= 0.6 is 0 Å². The average Bonchev–Trinajstić information content (AvgIpc) is 2.82. The fraction of sp³-hybridized carbons (Fsp3) is 0.231. The Bertz CT molecular complexity index is 628. The van der Waals surface area contributed by atoms with Crippen molar-refractivity contribution in [3.63, 3.8) is 0 Å². The highest BCUT2D eigenvalue weighted by atomic mass is 16.5. The van der Waals surface area contributed by atoms with Gasteiger partial charge in [0, 0.05) is 6.92 Å². The molecule has 0 radical (unpaired) electrons. The fourth-order valence-corrected chi connectivity index (χ4v) is 1.51. The maximum absolute atomic E-state index is 11.8. The van der Waals surface area contributed by atoms with Gasteiger partial charge in [-0.2, -0.15) is 10.2 Å². The van der Waals surface area contributed by atoms with Crippen LogP contribution in [-0.4, -0.2) is 16.1 Å². The van der Waals surface area contributed by atoms with Crippen LogP contribution in [0.25, 0.3) is 0 Å².